The molecule has 27 heavy (non-hydrogen) atoms. The highest BCUT2D eigenvalue weighted by Gasteiger charge is 2.09. The van der Waals surface area contributed by atoms with Crippen LogP contribution in [0.2, 0.25) is 5.02 Å². The number of aryl methyl sites for hydroxylation is 1. The van der Waals surface area contributed by atoms with Crippen molar-refractivity contribution < 1.29 is 9.18 Å². The summed E-state index contributed by atoms with van der Waals surface area (Å²) < 4.78 is 13.6. The Morgan fingerprint density at radius 2 is 1.96 bits per heavy atom. The molecule has 0 bridgehead atoms. The number of hydrogen-bond donors (Lipinski definition) is 2. The van der Waals surface area contributed by atoms with Gasteiger partial charge in [0.1, 0.15) is 17.3 Å². The van der Waals surface area contributed by atoms with Crippen molar-refractivity contribution in [3.05, 3.63) is 82.5 Å². The number of hydrogen-bond acceptors (Lipinski definition) is 4. The highest BCUT2D eigenvalue weighted by molar-refractivity contribution is 6.31. The number of anilines is 2. The predicted molar refractivity (Wildman–Crippen MR) is 104 cm³/mol. The van der Waals surface area contributed by atoms with E-state index in [2.05, 4.69) is 20.6 Å². The maximum Gasteiger partial charge on any atom is 0.271 e. The zero-order valence-electron chi connectivity index (χ0n) is 14.7. The Hall–Kier alpha value is -2.99. The Balaban J connectivity index is 1.55. The lowest BCUT2D eigenvalue weighted by atomic mass is 10.1. The molecule has 0 radical (unpaired) electrons. The van der Waals surface area contributed by atoms with Gasteiger partial charge < -0.3 is 10.6 Å². The number of carbonyl (C=O) groups is 1. The zero-order valence-corrected chi connectivity index (χ0v) is 15.4. The van der Waals surface area contributed by atoms with E-state index in [0.29, 0.717) is 29.4 Å². The van der Waals surface area contributed by atoms with Gasteiger partial charge in [0.25, 0.3) is 5.91 Å². The monoisotopic (exact) mass is 384 g/mol. The molecule has 0 aliphatic rings. The summed E-state index contributed by atoms with van der Waals surface area (Å²) in [5.74, 6) is -0.139. The van der Waals surface area contributed by atoms with Gasteiger partial charge in [0.05, 0.1) is 12.4 Å². The summed E-state index contributed by atoms with van der Waals surface area (Å²) in [6.07, 6.45) is 3.26. The van der Waals surface area contributed by atoms with Gasteiger partial charge in [0, 0.05) is 17.3 Å². The van der Waals surface area contributed by atoms with E-state index in [4.69, 9.17) is 11.6 Å². The van der Waals surface area contributed by atoms with Crippen molar-refractivity contribution in [2.24, 2.45) is 0 Å². The number of nitrogens with one attached hydrogen (secondary N) is 2. The molecule has 138 valence electrons. The van der Waals surface area contributed by atoms with Gasteiger partial charge in [-0.15, -0.1) is 0 Å². The fourth-order valence-corrected chi connectivity index (χ4v) is 2.61. The van der Waals surface area contributed by atoms with Gasteiger partial charge in [0.15, 0.2) is 0 Å². The molecule has 0 saturated heterocycles. The van der Waals surface area contributed by atoms with Gasteiger partial charge in [-0.2, -0.15) is 0 Å². The van der Waals surface area contributed by atoms with E-state index in [0.717, 1.165) is 11.3 Å². The number of rotatable bonds is 6. The standard InChI is InChI=1S/C20H18ClFN4O/c1-13-6-7-15(10-16(13)21)26-19-12-24-18(11-25-19)20(27)23-9-8-14-4-2-3-5-17(14)22/h2-7,10-12H,8-9H2,1H3,(H,23,27)(H,25,26). The second kappa shape index (κ2) is 8.60. The molecule has 1 aromatic heterocycles. The Morgan fingerprint density at radius 1 is 1.15 bits per heavy atom. The van der Waals surface area contributed by atoms with Crippen LogP contribution in [-0.4, -0.2) is 22.4 Å². The third-order valence-corrected chi connectivity index (χ3v) is 4.37. The average Bonchev–Trinajstić information content (AvgIpc) is 2.67. The molecule has 0 fully saturated rings. The largest absolute Gasteiger partial charge is 0.350 e. The minimum atomic E-state index is -0.358. The number of carbonyl (C=O) groups excluding carboxylic acids is 1. The lowest BCUT2D eigenvalue weighted by Crippen LogP contribution is -2.26. The Kier molecular flexibility index (Phi) is 5.98. The summed E-state index contributed by atoms with van der Waals surface area (Å²) in [5, 5.41) is 6.44. The zero-order chi connectivity index (χ0) is 19.2. The smallest absolute Gasteiger partial charge is 0.271 e. The molecule has 3 aromatic rings. The normalized spacial score (nSPS) is 10.5. The van der Waals surface area contributed by atoms with Crippen LogP contribution in [0.25, 0.3) is 0 Å². The summed E-state index contributed by atoms with van der Waals surface area (Å²) in [4.78, 5) is 20.4. The molecule has 2 aromatic carbocycles. The van der Waals surface area contributed by atoms with Gasteiger partial charge >= 0.3 is 0 Å². The van der Waals surface area contributed by atoms with Crippen LogP contribution in [-0.2, 0) is 6.42 Å². The lowest BCUT2D eigenvalue weighted by Gasteiger charge is -2.08. The molecule has 3 rings (SSSR count). The Labute approximate surface area is 161 Å². The van der Waals surface area contributed by atoms with Crippen molar-refractivity contribution in [2.45, 2.75) is 13.3 Å². The van der Waals surface area contributed by atoms with Gasteiger partial charge in [-0.3, -0.25) is 4.79 Å². The van der Waals surface area contributed by atoms with Crippen molar-refractivity contribution in [3.8, 4) is 0 Å². The van der Waals surface area contributed by atoms with Gasteiger partial charge in [-0.25, -0.2) is 14.4 Å². The summed E-state index contributed by atoms with van der Waals surface area (Å²) in [5.41, 5.74) is 2.51. The highest BCUT2D eigenvalue weighted by atomic mass is 35.5. The summed E-state index contributed by atoms with van der Waals surface area (Å²) in [7, 11) is 0. The van der Waals surface area contributed by atoms with Crippen LogP contribution in [0, 0.1) is 12.7 Å². The Morgan fingerprint density at radius 3 is 2.67 bits per heavy atom. The van der Waals surface area contributed by atoms with Crippen molar-refractivity contribution in [3.63, 3.8) is 0 Å². The molecule has 0 saturated carbocycles. The third-order valence-electron chi connectivity index (χ3n) is 3.97. The second-order valence-corrected chi connectivity index (χ2v) is 6.38. The number of halogens is 2. The predicted octanol–water partition coefficient (Wildman–Crippen LogP) is 4.29. The van der Waals surface area contributed by atoms with E-state index >= 15 is 0 Å². The van der Waals surface area contributed by atoms with Crippen LogP contribution in [0.4, 0.5) is 15.9 Å². The third kappa shape index (κ3) is 5.01. The molecule has 2 N–H and O–H groups in total. The van der Waals surface area contributed by atoms with Crippen LogP contribution in [0.3, 0.4) is 0 Å². The van der Waals surface area contributed by atoms with E-state index in [-0.39, 0.29) is 17.4 Å². The number of nitrogens with zero attached hydrogens (tertiary/aromatic N) is 2. The molecule has 1 amide bonds. The first-order valence-electron chi connectivity index (χ1n) is 8.40. The van der Waals surface area contributed by atoms with Crippen LogP contribution in [0.1, 0.15) is 21.6 Å². The van der Waals surface area contributed by atoms with Crippen molar-refractivity contribution in [1.82, 2.24) is 15.3 Å². The maximum absolute atomic E-state index is 13.6. The maximum atomic E-state index is 13.6. The van der Waals surface area contributed by atoms with E-state index in [1.807, 2.05) is 19.1 Å². The summed E-state index contributed by atoms with van der Waals surface area (Å²) in [6.45, 7) is 2.23. The molecule has 5 nitrogen and oxygen atoms in total. The first-order chi connectivity index (χ1) is 13.0. The summed E-state index contributed by atoms with van der Waals surface area (Å²) >= 11 is 6.10. The van der Waals surface area contributed by atoms with E-state index < -0.39 is 0 Å². The number of aromatic nitrogens is 2. The summed E-state index contributed by atoms with van der Waals surface area (Å²) in [6, 6.07) is 12.1. The van der Waals surface area contributed by atoms with Gasteiger partial charge in [-0.1, -0.05) is 35.9 Å². The topological polar surface area (TPSA) is 66.9 Å². The average molecular weight is 385 g/mol. The van der Waals surface area contributed by atoms with Crippen molar-refractivity contribution >= 4 is 29.0 Å². The molecule has 1 heterocycles. The Bertz CT molecular complexity index is 947. The molecule has 0 aliphatic heterocycles. The quantitative estimate of drug-likeness (QED) is 0.665. The number of benzene rings is 2. The first kappa shape index (κ1) is 18.8. The fraction of sp³-hybridized carbons (Fsp3) is 0.150. The van der Waals surface area contributed by atoms with Crippen LogP contribution >= 0.6 is 11.6 Å². The van der Waals surface area contributed by atoms with Crippen molar-refractivity contribution in [1.29, 1.82) is 0 Å². The molecular formula is C20H18ClFN4O. The van der Waals surface area contributed by atoms with E-state index in [1.54, 1.807) is 24.3 Å². The van der Waals surface area contributed by atoms with Crippen LogP contribution < -0.4 is 10.6 Å². The SMILES string of the molecule is Cc1ccc(Nc2cnc(C(=O)NCCc3ccccc3F)cn2)cc1Cl. The highest BCUT2D eigenvalue weighted by Crippen LogP contribution is 2.22. The molecule has 0 spiro atoms. The lowest BCUT2D eigenvalue weighted by molar-refractivity contribution is 0.0948. The van der Waals surface area contributed by atoms with Crippen molar-refractivity contribution in [2.75, 3.05) is 11.9 Å². The molecule has 0 aliphatic carbocycles. The molecule has 0 atom stereocenters. The second-order valence-electron chi connectivity index (χ2n) is 5.97. The first-order valence-corrected chi connectivity index (χ1v) is 8.77. The minimum absolute atomic E-state index is 0.191. The molecule has 7 heteroatoms. The molecule has 0 unspecified atom stereocenters. The van der Waals surface area contributed by atoms with Gasteiger partial charge in [0.2, 0.25) is 0 Å². The fourth-order valence-electron chi connectivity index (χ4n) is 2.43. The van der Waals surface area contributed by atoms with Crippen LogP contribution in [0.15, 0.2) is 54.9 Å². The number of amides is 1. The molecular weight excluding hydrogens is 367 g/mol. The van der Waals surface area contributed by atoms with Gasteiger partial charge in [-0.05, 0) is 42.7 Å². The van der Waals surface area contributed by atoms with E-state index in [1.165, 1.54) is 18.5 Å². The van der Waals surface area contributed by atoms with E-state index in [9.17, 15) is 9.18 Å². The minimum Gasteiger partial charge on any atom is -0.350 e. The van der Waals surface area contributed by atoms with Crippen LogP contribution in [0.5, 0.6) is 0 Å².